The summed E-state index contributed by atoms with van der Waals surface area (Å²) in [5, 5.41) is 0. The van der Waals surface area contributed by atoms with Crippen LogP contribution in [-0.2, 0) is 9.31 Å². The predicted molar refractivity (Wildman–Crippen MR) is 81.1 cm³/mol. The molecule has 0 aliphatic carbocycles. The van der Waals surface area contributed by atoms with Crippen molar-refractivity contribution in [2.45, 2.75) is 42.7 Å². The maximum Gasteiger partial charge on any atom is 0.512 e. The van der Waals surface area contributed by atoms with Crippen LogP contribution >= 0.6 is 34.8 Å². The van der Waals surface area contributed by atoms with E-state index in [0.717, 1.165) is 0 Å². The molecular formula is C12H15BCl3NO3. The van der Waals surface area contributed by atoms with Gasteiger partial charge in [0, 0.05) is 5.59 Å². The van der Waals surface area contributed by atoms with E-state index in [1.54, 1.807) is 12.1 Å². The minimum absolute atomic E-state index is 0.203. The first-order chi connectivity index (χ1) is 8.94. The van der Waals surface area contributed by atoms with Crippen molar-refractivity contribution in [3.63, 3.8) is 0 Å². The molecule has 110 valence electrons. The maximum atomic E-state index is 11.8. The third-order valence-corrected chi connectivity index (χ3v) is 4.23. The molecule has 0 bridgehead atoms. The SMILES string of the molecule is CC1(C)OB(c2ccc(C(=O)C(Cl)(Cl)Cl)[nH]2)OC1(C)C. The zero-order chi connectivity index (χ0) is 15.3. The number of H-pyrrole nitrogens is 1. The molecule has 0 unspecified atom stereocenters. The molecule has 1 saturated heterocycles. The molecule has 2 rings (SSSR count). The van der Waals surface area contributed by atoms with E-state index in [1.165, 1.54) is 0 Å². The molecular weight excluding hydrogens is 323 g/mol. The molecule has 2 heterocycles. The topological polar surface area (TPSA) is 51.3 Å². The number of alkyl halides is 3. The highest BCUT2D eigenvalue weighted by Crippen LogP contribution is 2.36. The molecule has 1 N–H and O–H groups in total. The summed E-state index contributed by atoms with van der Waals surface area (Å²) in [6.07, 6.45) is 0. The van der Waals surface area contributed by atoms with E-state index >= 15 is 0 Å². The molecule has 0 saturated carbocycles. The molecule has 4 nitrogen and oxygen atoms in total. The molecule has 1 aliphatic rings. The van der Waals surface area contributed by atoms with Crippen LogP contribution in [0.1, 0.15) is 38.2 Å². The number of ketones is 1. The number of halogens is 3. The first-order valence-electron chi connectivity index (χ1n) is 6.10. The number of hydrogen-bond acceptors (Lipinski definition) is 3. The Kier molecular flexibility index (Phi) is 3.98. The Morgan fingerprint density at radius 1 is 1.15 bits per heavy atom. The van der Waals surface area contributed by atoms with Crippen LogP contribution < -0.4 is 5.59 Å². The van der Waals surface area contributed by atoms with Crippen molar-refractivity contribution in [1.82, 2.24) is 4.98 Å². The Balaban J connectivity index is 2.22. The van der Waals surface area contributed by atoms with Gasteiger partial charge in [0.25, 0.3) is 3.79 Å². The number of aromatic amines is 1. The Morgan fingerprint density at radius 2 is 1.65 bits per heavy atom. The third kappa shape index (κ3) is 2.88. The smallest absolute Gasteiger partial charge is 0.398 e. The molecule has 1 fully saturated rings. The first kappa shape index (κ1) is 16.2. The lowest BCUT2D eigenvalue weighted by Gasteiger charge is -2.32. The van der Waals surface area contributed by atoms with Crippen LogP contribution in [0.5, 0.6) is 0 Å². The average molecular weight is 338 g/mol. The fraction of sp³-hybridized carbons (Fsp3) is 0.583. The van der Waals surface area contributed by atoms with Crippen molar-refractivity contribution in [2.24, 2.45) is 0 Å². The molecule has 1 aliphatic heterocycles. The van der Waals surface area contributed by atoms with E-state index in [-0.39, 0.29) is 5.69 Å². The molecule has 20 heavy (non-hydrogen) atoms. The van der Waals surface area contributed by atoms with E-state index in [4.69, 9.17) is 44.1 Å². The van der Waals surface area contributed by atoms with Crippen molar-refractivity contribution in [3.05, 3.63) is 17.8 Å². The monoisotopic (exact) mass is 337 g/mol. The van der Waals surface area contributed by atoms with Crippen LogP contribution in [0.25, 0.3) is 0 Å². The normalized spacial score (nSPS) is 21.2. The molecule has 1 aromatic heterocycles. The quantitative estimate of drug-likeness (QED) is 0.512. The first-order valence-corrected chi connectivity index (χ1v) is 7.23. The molecule has 0 radical (unpaired) electrons. The minimum Gasteiger partial charge on any atom is -0.398 e. The summed E-state index contributed by atoms with van der Waals surface area (Å²) in [4.78, 5) is 14.7. The Hall–Kier alpha value is -0.195. The Labute approximate surface area is 133 Å². The highest BCUT2D eigenvalue weighted by molar-refractivity contribution is 6.77. The second-order valence-electron chi connectivity index (χ2n) is 5.74. The van der Waals surface area contributed by atoms with Gasteiger partial charge in [0.15, 0.2) is 0 Å². The van der Waals surface area contributed by atoms with Gasteiger partial charge >= 0.3 is 7.12 Å². The van der Waals surface area contributed by atoms with Crippen LogP contribution in [-0.4, -0.2) is 32.9 Å². The van der Waals surface area contributed by atoms with Crippen molar-refractivity contribution in [2.75, 3.05) is 0 Å². The minimum atomic E-state index is -1.99. The zero-order valence-corrected chi connectivity index (χ0v) is 13.9. The van der Waals surface area contributed by atoms with Gasteiger partial charge in [-0.2, -0.15) is 0 Å². The lowest BCUT2D eigenvalue weighted by Crippen LogP contribution is -2.41. The van der Waals surface area contributed by atoms with E-state index < -0.39 is 27.9 Å². The number of Topliss-reactive ketones (excluding diaryl/α,β-unsaturated/α-hetero) is 1. The standard InChI is InChI=1S/C12H15BCl3NO3/c1-10(2)11(3,4)20-13(19-10)8-6-5-7(17-8)9(18)12(14,15)16/h5-6,17H,1-4H3. The average Bonchev–Trinajstić information content (AvgIpc) is 2.80. The third-order valence-electron chi connectivity index (χ3n) is 3.72. The molecule has 0 amide bonds. The second kappa shape index (κ2) is 4.92. The van der Waals surface area contributed by atoms with Crippen LogP contribution in [0, 0.1) is 0 Å². The van der Waals surface area contributed by atoms with E-state index in [1.807, 2.05) is 27.7 Å². The summed E-state index contributed by atoms with van der Waals surface area (Å²) < 4.78 is 9.74. The number of aromatic nitrogens is 1. The number of hydrogen-bond donors (Lipinski definition) is 1. The lowest BCUT2D eigenvalue weighted by atomic mass is 9.85. The van der Waals surface area contributed by atoms with Crippen LogP contribution in [0.3, 0.4) is 0 Å². The van der Waals surface area contributed by atoms with Gasteiger partial charge in [-0.15, -0.1) is 0 Å². The van der Waals surface area contributed by atoms with Gasteiger partial charge in [0.2, 0.25) is 5.78 Å². The molecule has 0 atom stereocenters. The van der Waals surface area contributed by atoms with Crippen molar-refractivity contribution in [1.29, 1.82) is 0 Å². The fourth-order valence-corrected chi connectivity index (χ4v) is 2.11. The summed E-state index contributed by atoms with van der Waals surface area (Å²) in [5.41, 5.74) is -0.0967. The Bertz CT molecular complexity index is 520. The van der Waals surface area contributed by atoms with Gasteiger partial charge in [0.05, 0.1) is 16.9 Å². The molecule has 0 aromatic carbocycles. The van der Waals surface area contributed by atoms with Crippen molar-refractivity contribution < 1.29 is 14.1 Å². The summed E-state index contributed by atoms with van der Waals surface area (Å²) in [6.45, 7) is 7.79. The van der Waals surface area contributed by atoms with Gasteiger partial charge in [0.1, 0.15) is 0 Å². The fourth-order valence-electron chi connectivity index (χ4n) is 1.80. The predicted octanol–water partition coefficient (Wildman–Crippen LogP) is 2.87. The van der Waals surface area contributed by atoms with Crippen molar-refractivity contribution in [3.8, 4) is 0 Å². The van der Waals surface area contributed by atoms with Crippen LogP contribution in [0.4, 0.5) is 0 Å². The van der Waals surface area contributed by atoms with E-state index in [0.29, 0.717) is 5.59 Å². The largest absolute Gasteiger partial charge is 0.512 e. The number of carbonyl (C=O) groups is 1. The second-order valence-corrected chi connectivity index (χ2v) is 8.02. The number of nitrogens with one attached hydrogen (secondary N) is 1. The van der Waals surface area contributed by atoms with Gasteiger partial charge < -0.3 is 14.3 Å². The summed E-state index contributed by atoms with van der Waals surface area (Å²) in [7, 11) is -0.586. The number of rotatable bonds is 2. The van der Waals surface area contributed by atoms with E-state index in [9.17, 15) is 4.79 Å². The summed E-state index contributed by atoms with van der Waals surface area (Å²) in [6, 6.07) is 3.23. The lowest BCUT2D eigenvalue weighted by molar-refractivity contribution is 0.00578. The van der Waals surface area contributed by atoms with E-state index in [2.05, 4.69) is 4.98 Å². The maximum absolute atomic E-state index is 11.8. The molecule has 8 heteroatoms. The summed E-state index contributed by atoms with van der Waals surface area (Å²) >= 11 is 16.7. The highest BCUT2D eigenvalue weighted by Gasteiger charge is 2.52. The number of carbonyl (C=O) groups excluding carboxylic acids is 1. The van der Waals surface area contributed by atoms with Crippen LogP contribution in [0.15, 0.2) is 12.1 Å². The molecule has 0 spiro atoms. The van der Waals surface area contributed by atoms with Gasteiger partial charge in [-0.3, -0.25) is 4.79 Å². The van der Waals surface area contributed by atoms with Gasteiger partial charge in [-0.05, 0) is 39.8 Å². The highest BCUT2D eigenvalue weighted by atomic mass is 35.6. The van der Waals surface area contributed by atoms with Crippen LogP contribution in [0.2, 0.25) is 0 Å². The Morgan fingerprint density at radius 3 is 2.10 bits per heavy atom. The zero-order valence-electron chi connectivity index (χ0n) is 11.6. The molecule has 1 aromatic rings. The van der Waals surface area contributed by atoms with Crippen molar-refractivity contribution >= 4 is 53.3 Å². The van der Waals surface area contributed by atoms with Gasteiger partial charge in [-0.1, -0.05) is 34.8 Å². The summed E-state index contributed by atoms with van der Waals surface area (Å²) in [5.74, 6) is -0.620. The van der Waals surface area contributed by atoms with Gasteiger partial charge in [-0.25, -0.2) is 0 Å².